The molecule has 0 N–H and O–H groups in total. The second-order valence-electron chi connectivity index (χ2n) is 5.53. The number of methoxy groups -OCH3 is 3. The van der Waals surface area contributed by atoms with Crippen molar-refractivity contribution in [3.8, 4) is 23.0 Å². The fraction of sp³-hybridized carbons (Fsp3) is 0.333. The van der Waals surface area contributed by atoms with Crippen LogP contribution in [0.1, 0.15) is 11.1 Å². The summed E-state index contributed by atoms with van der Waals surface area (Å²) in [7, 11) is 6.82. The lowest BCUT2D eigenvalue weighted by Crippen LogP contribution is -2.16. The summed E-state index contributed by atoms with van der Waals surface area (Å²) < 4.78 is 16.2. The number of fused-ring (bicyclic) bond motifs is 1. The number of hydrogen-bond acceptors (Lipinski definition) is 6. The van der Waals surface area contributed by atoms with Gasteiger partial charge in [-0.1, -0.05) is 12.1 Å². The molecule has 0 spiro atoms. The van der Waals surface area contributed by atoms with Crippen LogP contribution in [0.3, 0.4) is 0 Å². The molecule has 0 atom stereocenters. The molecule has 0 bridgehead atoms. The zero-order valence-electron chi connectivity index (χ0n) is 14.3. The van der Waals surface area contributed by atoms with Crippen molar-refractivity contribution in [3.05, 3.63) is 41.5 Å². The summed E-state index contributed by atoms with van der Waals surface area (Å²) in [5.74, 6) is 2.62. The molecule has 0 unspecified atom stereocenters. The maximum absolute atomic E-state index is 5.41. The van der Waals surface area contributed by atoms with Gasteiger partial charge in [0.2, 0.25) is 5.75 Å². The summed E-state index contributed by atoms with van der Waals surface area (Å²) in [5.41, 5.74) is 3.15. The maximum Gasteiger partial charge on any atom is 0.203 e. The Kier molecular flexibility index (Phi) is 4.66. The number of hydrogen-bond donors (Lipinski definition) is 0. The Balaban J connectivity index is 1.85. The van der Waals surface area contributed by atoms with Crippen LogP contribution in [0.25, 0.3) is 0 Å². The summed E-state index contributed by atoms with van der Waals surface area (Å²) in [6.07, 6.45) is 0. The first-order chi connectivity index (χ1) is 11.7. The summed E-state index contributed by atoms with van der Waals surface area (Å²) in [5, 5.41) is 0. The molecule has 3 rings (SSSR count). The maximum atomic E-state index is 5.41. The first-order valence-corrected chi connectivity index (χ1v) is 7.58. The van der Waals surface area contributed by atoms with E-state index in [0.717, 1.165) is 22.6 Å². The number of anilines is 1. The summed E-state index contributed by atoms with van der Waals surface area (Å²) in [4.78, 5) is 12.2. The molecule has 1 aliphatic heterocycles. The van der Waals surface area contributed by atoms with Crippen molar-refractivity contribution in [2.75, 3.05) is 33.3 Å². The molecule has 0 aromatic heterocycles. The second-order valence-corrected chi connectivity index (χ2v) is 5.53. The minimum Gasteiger partial charge on any atom is -0.493 e. The van der Waals surface area contributed by atoms with Crippen LogP contribution in [0.15, 0.2) is 30.3 Å². The lowest BCUT2D eigenvalue weighted by Gasteiger charge is -2.22. The molecule has 2 aromatic rings. The summed E-state index contributed by atoms with van der Waals surface area (Å²) >= 11 is 0. The van der Waals surface area contributed by atoms with Gasteiger partial charge >= 0.3 is 0 Å². The monoisotopic (exact) mass is 331 g/mol. The van der Waals surface area contributed by atoms with Crippen molar-refractivity contribution in [2.24, 2.45) is 0 Å². The molecule has 24 heavy (non-hydrogen) atoms. The zero-order valence-corrected chi connectivity index (χ0v) is 14.3. The third-order valence-corrected chi connectivity index (χ3v) is 4.00. The Morgan fingerprint density at radius 2 is 1.71 bits per heavy atom. The molecule has 128 valence electrons. The third kappa shape index (κ3) is 3.05. The predicted molar refractivity (Wildman–Crippen MR) is 90.1 cm³/mol. The molecule has 0 radical (unpaired) electrons. The van der Waals surface area contributed by atoms with E-state index in [1.165, 1.54) is 0 Å². The van der Waals surface area contributed by atoms with Gasteiger partial charge in [0.15, 0.2) is 17.2 Å². The predicted octanol–water partition coefficient (Wildman–Crippen LogP) is 3.17. The summed E-state index contributed by atoms with van der Waals surface area (Å²) in [6.45, 7) is 1.20. The Morgan fingerprint density at radius 1 is 1.00 bits per heavy atom. The molecule has 0 fully saturated rings. The standard InChI is InChI=1S/C18H21NO5/c1-19(10-12-5-6-13-11-23-24-15(13)7-12)14-8-16(20-2)18(22-4)17(9-14)21-3/h5-9H,10-11H2,1-4H3. The minimum atomic E-state index is 0.498. The number of nitrogens with zero attached hydrogens (tertiary/aromatic N) is 1. The Labute approximate surface area is 141 Å². The van der Waals surface area contributed by atoms with E-state index in [1.807, 2.05) is 31.3 Å². The van der Waals surface area contributed by atoms with E-state index in [9.17, 15) is 0 Å². The zero-order chi connectivity index (χ0) is 17.1. The summed E-state index contributed by atoms with van der Waals surface area (Å²) in [6, 6.07) is 9.95. The first-order valence-electron chi connectivity index (χ1n) is 7.58. The van der Waals surface area contributed by atoms with Crippen molar-refractivity contribution in [3.63, 3.8) is 0 Å². The van der Waals surface area contributed by atoms with Crippen LogP contribution in [-0.4, -0.2) is 28.4 Å². The number of benzene rings is 2. The van der Waals surface area contributed by atoms with E-state index in [1.54, 1.807) is 21.3 Å². The van der Waals surface area contributed by atoms with Crippen LogP contribution in [0.2, 0.25) is 0 Å². The van der Waals surface area contributed by atoms with Crippen LogP contribution in [0.4, 0.5) is 5.69 Å². The molecule has 0 saturated heterocycles. The molecule has 0 amide bonds. The quantitative estimate of drug-likeness (QED) is 0.758. The molecular weight excluding hydrogens is 310 g/mol. The van der Waals surface area contributed by atoms with Crippen molar-refractivity contribution in [1.29, 1.82) is 0 Å². The smallest absolute Gasteiger partial charge is 0.203 e. The van der Waals surface area contributed by atoms with Crippen LogP contribution >= 0.6 is 0 Å². The minimum absolute atomic E-state index is 0.498. The number of rotatable bonds is 6. The average molecular weight is 331 g/mol. The Morgan fingerprint density at radius 3 is 2.33 bits per heavy atom. The number of ether oxygens (including phenoxy) is 3. The molecule has 6 heteroatoms. The fourth-order valence-electron chi connectivity index (χ4n) is 2.70. The highest BCUT2D eigenvalue weighted by molar-refractivity contribution is 5.63. The van der Waals surface area contributed by atoms with E-state index in [4.69, 9.17) is 24.0 Å². The Bertz CT molecular complexity index is 706. The molecule has 6 nitrogen and oxygen atoms in total. The molecule has 0 aliphatic carbocycles. The highest BCUT2D eigenvalue weighted by Crippen LogP contribution is 2.41. The van der Waals surface area contributed by atoms with Crippen LogP contribution < -0.4 is 24.0 Å². The lowest BCUT2D eigenvalue weighted by atomic mass is 10.1. The highest BCUT2D eigenvalue weighted by atomic mass is 17.2. The van der Waals surface area contributed by atoms with E-state index in [-0.39, 0.29) is 0 Å². The van der Waals surface area contributed by atoms with E-state index in [0.29, 0.717) is 30.4 Å². The second kappa shape index (κ2) is 6.88. The fourth-order valence-corrected chi connectivity index (χ4v) is 2.70. The van der Waals surface area contributed by atoms with Gasteiger partial charge in [0.05, 0.1) is 21.3 Å². The van der Waals surface area contributed by atoms with Gasteiger partial charge in [0.25, 0.3) is 0 Å². The molecule has 1 heterocycles. The van der Waals surface area contributed by atoms with Crippen molar-refractivity contribution >= 4 is 5.69 Å². The van der Waals surface area contributed by atoms with Crippen molar-refractivity contribution in [2.45, 2.75) is 13.2 Å². The molecule has 2 aromatic carbocycles. The van der Waals surface area contributed by atoms with E-state index in [2.05, 4.69) is 11.0 Å². The van der Waals surface area contributed by atoms with Gasteiger partial charge in [-0.25, -0.2) is 0 Å². The van der Waals surface area contributed by atoms with Crippen LogP contribution in [0, 0.1) is 0 Å². The SMILES string of the molecule is COc1cc(N(C)Cc2ccc3c(c2)OOC3)cc(OC)c1OC. The van der Waals surface area contributed by atoms with Gasteiger partial charge in [-0.2, -0.15) is 4.89 Å². The van der Waals surface area contributed by atoms with Gasteiger partial charge in [-0.3, -0.25) is 0 Å². The molecule has 1 aliphatic rings. The third-order valence-electron chi connectivity index (χ3n) is 4.00. The van der Waals surface area contributed by atoms with Gasteiger partial charge < -0.3 is 24.0 Å². The van der Waals surface area contributed by atoms with Crippen LogP contribution in [0.5, 0.6) is 23.0 Å². The lowest BCUT2D eigenvalue weighted by molar-refractivity contribution is -0.194. The van der Waals surface area contributed by atoms with Gasteiger partial charge in [-0.05, 0) is 11.6 Å². The molecular formula is C18H21NO5. The van der Waals surface area contributed by atoms with Gasteiger partial charge in [0.1, 0.15) is 6.61 Å². The van der Waals surface area contributed by atoms with E-state index >= 15 is 0 Å². The van der Waals surface area contributed by atoms with Crippen molar-refractivity contribution < 1.29 is 24.0 Å². The average Bonchev–Trinajstić information content (AvgIpc) is 3.07. The first kappa shape index (κ1) is 16.3. The van der Waals surface area contributed by atoms with E-state index < -0.39 is 0 Å². The van der Waals surface area contributed by atoms with Gasteiger partial charge in [-0.15, -0.1) is 0 Å². The normalized spacial score (nSPS) is 12.3. The highest BCUT2D eigenvalue weighted by Gasteiger charge is 2.17. The largest absolute Gasteiger partial charge is 0.493 e. The topological polar surface area (TPSA) is 49.4 Å². The molecule has 0 saturated carbocycles. The Hall–Kier alpha value is -2.60. The van der Waals surface area contributed by atoms with Crippen molar-refractivity contribution in [1.82, 2.24) is 0 Å². The van der Waals surface area contributed by atoms with Gasteiger partial charge in [0, 0.05) is 37.0 Å². The van der Waals surface area contributed by atoms with Crippen LogP contribution in [-0.2, 0) is 18.0 Å².